The van der Waals surface area contributed by atoms with Gasteiger partial charge in [0.15, 0.2) is 0 Å². The number of benzene rings is 2. The van der Waals surface area contributed by atoms with E-state index in [2.05, 4.69) is 22.4 Å². The second-order valence-electron chi connectivity index (χ2n) is 7.69. The summed E-state index contributed by atoms with van der Waals surface area (Å²) in [6.45, 7) is 0.436. The van der Waals surface area contributed by atoms with Crippen molar-refractivity contribution >= 4 is 22.8 Å². The van der Waals surface area contributed by atoms with E-state index >= 15 is 0 Å². The van der Waals surface area contributed by atoms with E-state index in [1.807, 2.05) is 43.4 Å². The van der Waals surface area contributed by atoms with Crippen molar-refractivity contribution in [3.8, 4) is 0 Å². The monoisotopic (exact) mass is 427 g/mol. The van der Waals surface area contributed by atoms with Crippen molar-refractivity contribution in [2.75, 3.05) is 13.6 Å². The molecule has 162 valence electrons. The van der Waals surface area contributed by atoms with Gasteiger partial charge in [0.25, 0.3) is 11.8 Å². The zero-order chi connectivity index (χ0) is 22.3. The maximum atomic E-state index is 13.3. The van der Waals surface area contributed by atoms with Crippen LogP contribution in [0.5, 0.6) is 0 Å². The van der Waals surface area contributed by atoms with Crippen LogP contribution in [0.1, 0.15) is 32.8 Å². The molecular formula is C26H25N3O3. The average molecular weight is 428 g/mol. The molecular weight excluding hydrogens is 402 g/mol. The second kappa shape index (κ2) is 9.92. The molecule has 0 aliphatic heterocycles. The summed E-state index contributed by atoms with van der Waals surface area (Å²) in [6, 6.07) is 22.5. The highest BCUT2D eigenvalue weighted by Gasteiger charge is 2.22. The van der Waals surface area contributed by atoms with Crippen LogP contribution >= 0.6 is 0 Å². The van der Waals surface area contributed by atoms with Gasteiger partial charge in [-0.15, -0.1) is 0 Å². The van der Waals surface area contributed by atoms with Crippen molar-refractivity contribution in [2.45, 2.75) is 18.9 Å². The number of likely N-dealkylation sites (N-methyl/N-ethyl adjacent to an activating group) is 1. The SMILES string of the molecule is CN(C(=O)c1ccc2occc2c1)C(CCNC(=O)c1ccccn1)Cc1ccccc1. The van der Waals surface area contributed by atoms with E-state index in [1.165, 1.54) is 0 Å². The number of hydrogen-bond donors (Lipinski definition) is 1. The molecule has 2 amide bonds. The van der Waals surface area contributed by atoms with Crippen LogP contribution < -0.4 is 5.32 Å². The Labute approximate surface area is 186 Å². The Balaban J connectivity index is 1.47. The molecule has 0 aliphatic rings. The third-order valence-electron chi connectivity index (χ3n) is 5.54. The van der Waals surface area contributed by atoms with Crippen LogP contribution in [-0.4, -0.2) is 41.3 Å². The van der Waals surface area contributed by atoms with Crippen molar-refractivity contribution in [3.63, 3.8) is 0 Å². The van der Waals surface area contributed by atoms with Crippen LogP contribution in [0.3, 0.4) is 0 Å². The van der Waals surface area contributed by atoms with Crippen LogP contribution in [0.4, 0.5) is 0 Å². The quantitative estimate of drug-likeness (QED) is 0.454. The number of rotatable bonds is 8. The molecule has 2 heterocycles. The van der Waals surface area contributed by atoms with E-state index in [9.17, 15) is 9.59 Å². The molecule has 0 spiro atoms. The van der Waals surface area contributed by atoms with Crippen molar-refractivity contribution in [1.29, 1.82) is 0 Å². The fourth-order valence-corrected chi connectivity index (χ4v) is 3.73. The fraction of sp³-hybridized carbons (Fsp3) is 0.192. The first kappa shape index (κ1) is 21.3. The molecule has 2 aromatic carbocycles. The number of hydrogen-bond acceptors (Lipinski definition) is 4. The lowest BCUT2D eigenvalue weighted by Crippen LogP contribution is -2.41. The topological polar surface area (TPSA) is 75.4 Å². The summed E-state index contributed by atoms with van der Waals surface area (Å²) in [6.07, 6.45) is 4.52. The molecule has 32 heavy (non-hydrogen) atoms. The molecule has 6 nitrogen and oxygen atoms in total. The third-order valence-corrected chi connectivity index (χ3v) is 5.54. The predicted octanol–water partition coefficient (Wildman–Crippen LogP) is 4.33. The summed E-state index contributed by atoms with van der Waals surface area (Å²) in [5, 5.41) is 3.81. The summed E-state index contributed by atoms with van der Waals surface area (Å²) in [5.41, 5.74) is 2.88. The van der Waals surface area contributed by atoms with Gasteiger partial charge in [0.1, 0.15) is 11.3 Å². The smallest absolute Gasteiger partial charge is 0.269 e. The summed E-state index contributed by atoms with van der Waals surface area (Å²) in [7, 11) is 1.82. The summed E-state index contributed by atoms with van der Waals surface area (Å²) >= 11 is 0. The minimum atomic E-state index is -0.219. The van der Waals surface area contributed by atoms with Crippen LogP contribution in [0.15, 0.2) is 89.7 Å². The molecule has 1 atom stereocenters. The highest BCUT2D eigenvalue weighted by molar-refractivity contribution is 5.97. The normalized spacial score (nSPS) is 11.8. The molecule has 0 fully saturated rings. The molecule has 2 aromatic heterocycles. The first-order valence-electron chi connectivity index (χ1n) is 10.6. The molecule has 4 rings (SSSR count). The van der Waals surface area contributed by atoms with E-state index in [-0.39, 0.29) is 17.9 Å². The standard InChI is InChI=1S/C26H25N3O3/c1-29(26(31)21-10-11-24-20(18-21)13-16-32-24)22(17-19-7-3-2-4-8-19)12-15-28-25(30)23-9-5-6-14-27-23/h2-11,13-14,16,18,22H,12,15,17H2,1H3,(H,28,30). The van der Waals surface area contributed by atoms with Crippen LogP contribution in [0.25, 0.3) is 11.0 Å². The van der Waals surface area contributed by atoms with Gasteiger partial charge in [-0.1, -0.05) is 36.4 Å². The van der Waals surface area contributed by atoms with Crippen molar-refractivity contribution in [1.82, 2.24) is 15.2 Å². The molecule has 0 bridgehead atoms. The molecule has 0 radical (unpaired) electrons. The van der Waals surface area contributed by atoms with Crippen LogP contribution in [-0.2, 0) is 6.42 Å². The Morgan fingerprint density at radius 2 is 1.84 bits per heavy atom. The molecule has 0 saturated heterocycles. The Morgan fingerprint density at radius 3 is 2.62 bits per heavy atom. The van der Waals surface area contributed by atoms with Gasteiger partial charge >= 0.3 is 0 Å². The Bertz CT molecular complexity index is 1190. The number of aromatic nitrogens is 1. The minimum absolute atomic E-state index is 0.0647. The highest BCUT2D eigenvalue weighted by atomic mass is 16.3. The van der Waals surface area contributed by atoms with Gasteiger partial charge in [-0.05, 0) is 54.8 Å². The van der Waals surface area contributed by atoms with E-state index in [0.29, 0.717) is 30.6 Å². The van der Waals surface area contributed by atoms with Gasteiger partial charge in [-0.2, -0.15) is 0 Å². The van der Waals surface area contributed by atoms with Gasteiger partial charge in [0, 0.05) is 36.8 Å². The number of nitrogens with one attached hydrogen (secondary N) is 1. The van der Waals surface area contributed by atoms with E-state index in [1.54, 1.807) is 41.6 Å². The van der Waals surface area contributed by atoms with Gasteiger partial charge in [-0.25, -0.2) is 0 Å². The number of pyridine rings is 1. The van der Waals surface area contributed by atoms with Crippen molar-refractivity contribution in [2.24, 2.45) is 0 Å². The minimum Gasteiger partial charge on any atom is -0.464 e. The Hall–Kier alpha value is -3.93. The van der Waals surface area contributed by atoms with E-state index < -0.39 is 0 Å². The first-order valence-corrected chi connectivity index (χ1v) is 10.6. The molecule has 6 heteroatoms. The van der Waals surface area contributed by atoms with E-state index in [0.717, 1.165) is 16.5 Å². The highest BCUT2D eigenvalue weighted by Crippen LogP contribution is 2.20. The van der Waals surface area contributed by atoms with Gasteiger partial charge in [0.2, 0.25) is 0 Å². The predicted molar refractivity (Wildman–Crippen MR) is 123 cm³/mol. The van der Waals surface area contributed by atoms with E-state index in [4.69, 9.17) is 4.42 Å². The number of fused-ring (bicyclic) bond motifs is 1. The molecule has 0 aliphatic carbocycles. The zero-order valence-electron chi connectivity index (χ0n) is 17.9. The number of furan rings is 1. The van der Waals surface area contributed by atoms with Crippen molar-refractivity contribution < 1.29 is 14.0 Å². The number of carbonyl (C=O) groups is 2. The Morgan fingerprint density at radius 1 is 1.03 bits per heavy atom. The molecule has 1 N–H and O–H groups in total. The lowest BCUT2D eigenvalue weighted by atomic mass is 10.0. The average Bonchev–Trinajstić information content (AvgIpc) is 3.31. The number of amides is 2. The van der Waals surface area contributed by atoms with Crippen LogP contribution in [0, 0.1) is 0 Å². The van der Waals surface area contributed by atoms with Gasteiger partial charge in [0.05, 0.1) is 6.26 Å². The number of nitrogens with zero attached hydrogens (tertiary/aromatic N) is 2. The number of carbonyl (C=O) groups excluding carboxylic acids is 2. The van der Waals surface area contributed by atoms with Crippen LogP contribution in [0.2, 0.25) is 0 Å². The lowest BCUT2D eigenvalue weighted by Gasteiger charge is -2.29. The largest absolute Gasteiger partial charge is 0.464 e. The Kier molecular flexibility index (Phi) is 6.60. The molecule has 1 unspecified atom stereocenters. The summed E-state index contributed by atoms with van der Waals surface area (Å²) in [5.74, 6) is -0.284. The molecule has 4 aromatic rings. The fourth-order valence-electron chi connectivity index (χ4n) is 3.73. The van der Waals surface area contributed by atoms with Gasteiger partial charge in [-0.3, -0.25) is 14.6 Å². The third kappa shape index (κ3) is 5.03. The summed E-state index contributed by atoms with van der Waals surface area (Å²) < 4.78 is 5.38. The van der Waals surface area contributed by atoms with Gasteiger partial charge < -0.3 is 14.6 Å². The molecule has 0 saturated carbocycles. The second-order valence-corrected chi connectivity index (χ2v) is 7.69. The first-order chi connectivity index (χ1) is 15.6. The zero-order valence-corrected chi connectivity index (χ0v) is 17.9. The van der Waals surface area contributed by atoms with Crippen molar-refractivity contribution in [3.05, 3.63) is 102 Å². The maximum absolute atomic E-state index is 13.3. The lowest BCUT2D eigenvalue weighted by molar-refractivity contribution is 0.0723. The summed E-state index contributed by atoms with van der Waals surface area (Å²) in [4.78, 5) is 31.5. The maximum Gasteiger partial charge on any atom is 0.269 e.